The number of sulfonamides is 1. The van der Waals surface area contributed by atoms with E-state index in [9.17, 15) is 18.0 Å². The van der Waals surface area contributed by atoms with Gasteiger partial charge < -0.3 is 10.1 Å². The molecule has 3 aromatic rings. The molecule has 1 atom stereocenters. The number of anilines is 1. The lowest BCUT2D eigenvalue weighted by Crippen LogP contribution is -2.29. The van der Waals surface area contributed by atoms with Crippen molar-refractivity contribution in [2.24, 2.45) is 5.14 Å². The first-order valence-electron chi connectivity index (χ1n) is 10.9. The Morgan fingerprint density at radius 2 is 1.71 bits per heavy atom. The number of ether oxygens (including phenoxy) is 1. The van der Waals surface area contributed by atoms with Crippen LogP contribution in [0.25, 0.3) is 6.08 Å². The van der Waals surface area contributed by atoms with Gasteiger partial charge in [0, 0.05) is 23.0 Å². The second-order valence-electron chi connectivity index (χ2n) is 8.20. The second kappa shape index (κ2) is 10.7. The topological polar surface area (TPSA) is 133 Å². The zero-order valence-electron chi connectivity index (χ0n) is 20.0. The molecule has 10 heteroatoms. The number of carbonyl (C=O) groups excluding carboxylic acids is 2. The molecule has 3 rings (SSSR count). The minimum Gasteiger partial charge on any atom is -0.449 e. The molecule has 1 aromatic heterocycles. The molecule has 0 fully saturated rings. The van der Waals surface area contributed by atoms with Crippen LogP contribution in [0.5, 0.6) is 0 Å². The fourth-order valence-electron chi connectivity index (χ4n) is 3.36. The van der Waals surface area contributed by atoms with E-state index in [1.807, 2.05) is 25.5 Å². The molecule has 2 aromatic carbocycles. The minimum absolute atomic E-state index is 0.0760. The Bertz CT molecular complexity index is 1360. The zero-order chi connectivity index (χ0) is 25.8. The van der Waals surface area contributed by atoms with Crippen LogP contribution in [-0.4, -0.2) is 36.2 Å². The first-order valence-corrected chi connectivity index (χ1v) is 12.4. The van der Waals surface area contributed by atoms with Gasteiger partial charge in [-0.05, 0) is 63.6 Å². The lowest BCUT2D eigenvalue weighted by molar-refractivity contribution is -0.148. The smallest absolute Gasteiger partial charge is 0.331 e. The summed E-state index contributed by atoms with van der Waals surface area (Å²) in [5, 5.41) is 12.2. The highest BCUT2D eigenvalue weighted by molar-refractivity contribution is 7.89. The Morgan fingerprint density at radius 3 is 2.31 bits per heavy atom. The van der Waals surface area contributed by atoms with Crippen molar-refractivity contribution in [1.82, 2.24) is 9.78 Å². The Balaban J connectivity index is 1.60. The van der Waals surface area contributed by atoms with Gasteiger partial charge in [-0.1, -0.05) is 29.8 Å². The van der Waals surface area contributed by atoms with Crippen LogP contribution < -0.4 is 10.5 Å². The molecule has 9 nitrogen and oxygen atoms in total. The van der Waals surface area contributed by atoms with E-state index in [0.717, 1.165) is 22.5 Å². The highest BCUT2D eigenvalue weighted by Crippen LogP contribution is 2.17. The summed E-state index contributed by atoms with van der Waals surface area (Å²) in [4.78, 5) is 24.6. The molecule has 1 amide bonds. The Kier molecular flexibility index (Phi) is 7.88. The number of nitrogens with two attached hydrogens (primary N) is 1. The predicted octanol–water partition coefficient (Wildman–Crippen LogP) is 3.09. The first-order chi connectivity index (χ1) is 16.4. The van der Waals surface area contributed by atoms with Crippen LogP contribution in [0.15, 0.2) is 59.5 Å². The lowest BCUT2D eigenvalue weighted by Gasteiger charge is -2.12. The van der Waals surface area contributed by atoms with E-state index in [1.165, 1.54) is 42.8 Å². The normalized spacial score (nSPS) is 12.5. The molecule has 0 saturated carbocycles. The summed E-state index contributed by atoms with van der Waals surface area (Å²) in [7, 11) is -3.83. The molecule has 0 aliphatic carbocycles. The highest BCUT2D eigenvalue weighted by atomic mass is 32.2. The van der Waals surface area contributed by atoms with Crippen LogP contribution in [0.3, 0.4) is 0 Å². The van der Waals surface area contributed by atoms with Crippen molar-refractivity contribution in [2.75, 3.05) is 5.32 Å². The fourth-order valence-corrected chi connectivity index (χ4v) is 3.88. The largest absolute Gasteiger partial charge is 0.449 e. The fraction of sp³-hybridized carbons (Fsp3) is 0.240. The molecule has 0 bridgehead atoms. The summed E-state index contributed by atoms with van der Waals surface area (Å²) >= 11 is 0. The zero-order valence-corrected chi connectivity index (χ0v) is 20.8. The summed E-state index contributed by atoms with van der Waals surface area (Å²) in [6.45, 7) is 7.88. The summed E-state index contributed by atoms with van der Waals surface area (Å²) in [6, 6.07) is 13.5. The molecule has 0 saturated heterocycles. The maximum absolute atomic E-state index is 12.3. The van der Waals surface area contributed by atoms with E-state index >= 15 is 0 Å². The molecule has 3 N–H and O–H groups in total. The van der Waals surface area contributed by atoms with E-state index < -0.39 is 28.0 Å². The first kappa shape index (κ1) is 25.9. The molecule has 1 heterocycles. The Morgan fingerprint density at radius 1 is 1.09 bits per heavy atom. The number of primary sulfonamides is 1. The molecule has 0 radical (unpaired) electrons. The number of esters is 1. The number of aromatic nitrogens is 2. The summed E-state index contributed by atoms with van der Waals surface area (Å²) in [6.07, 6.45) is 1.82. The Hall–Kier alpha value is -3.76. The van der Waals surface area contributed by atoms with Crippen molar-refractivity contribution in [3.05, 3.63) is 82.7 Å². The van der Waals surface area contributed by atoms with Crippen molar-refractivity contribution < 1.29 is 22.7 Å². The maximum atomic E-state index is 12.3. The lowest BCUT2D eigenvalue weighted by atomic mass is 10.1. The number of carbonyl (C=O) groups is 2. The summed E-state index contributed by atoms with van der Waals surface area (Å²) < 4.78 is 29.7. The molecular weight excluding hydrogens is 468 g/mol. The van der Waals surface area contributed by atoms with Crippen LogP contribution in [-0.2, 0) is 30.9 Å². The molecule has 184 valence electrons. The molecule has 0 aliphatic rings. The number of aryl methyl sites for hydroxylation is 2. The number of benzene rings is 2. The van der Waals surface area contributed by atoms with Gasteiger partial charge in [0.1, 0.15) is 0 Å². The Labute approximate surface area is 204 Å². The van der Waals surface area contributed by atoms with E-state index in [4.69, 9.17) is 9.88 Å². The maximum Gasteiger partial charge on any atom is 0.331 e. The van der Waals surface area contributed by atoms with E-state index in [1.54, 1.807) is 6.08 Å². The van der Waals surface area contributed by atoms with Gasteiger partial charge in [-0.15, -0.1) is 0 Å². The number of hydrogen-bond donors (Lipinski definition) is 2. The number of nitrogens with one attached hydrogen (secondary N) is 1. The van der Waals surface area contributed by atoms with Gasteiger partial charge >= 0.3 is 5.97 Å². The van der Waals surface area contributed by atoms with Crippen molar-refractivity contribution >= 4 is 33.7 Å². The van der Waals surface area contributed by atoms with E-state index in [-0.39, 0.29) is 4.90 Å². The summed E-state index contributed by atoms with van der Waals surface area (Å²) in [5.41, 5.74) is 5.13. The van der Waals surface area contributed by atoms with Gasteiger partial charge in [-0.2, -0.15) is 5.10 Å². The van der Waals surface area contributed by atoms with Crippen LogP contribution in [0, 0.1) is 20.8 Å². The molecular formula is C25H28N4O5S. The van der Waals surface area contributed by atoms with Gasteiger partial charge in [-0.25, -0.2) is 18.4 Å². The van der Waals surface area contributed by atoms with Crippen molar-refractivity contribution in [2.45, 2.75) is 45.2 Å². The highest BCUT2D eigenvalue weighted by Gasteiger charge is 2.18. The molecule has 1 unspecified atom stereocenters. The third-order valence-electron chi connectivity index (χ3n) is 5.39. The van der Waals surface area contributed by atoms with Crippen LogP contribution in [0.4, 0.5) is 5.69 Å². The monoisotopic (exact) mass is 496 g/mol. The van der Waals surface area contributed by atoms with Gasteiger partial charge in [0.25, 0.3) is 5.91 Å². The third kappa shape index (κ3) is 6.87. The standard InChI is InChI=1S/C25H28N4O5S/c1-16-5-7-20(8-6-16)15-29-18(3)23(17(2)28-29)13-14-24(30)34-19(4)25(31)27-21-9-11-22(12-10-21)35(26,32)33/h5-14,19H,15H2,1-4H3,(H,27,31)(H2,26,32,33)/b14-13+. The van der Waals surface area contributed by atoms with Crippen molar-refractivity contribution in [3.8, 4) is 0 Å². The molecule has 0 aliphatic heterocycles. The predicted molar refractivity (Wildman–Crippen MR) is 133 cm³/mol. The minimum atomic E-state index is -3.83. The van der Waals surface area contributed by atoms with Gasteiger partial charge in [0.15, 0.2) is 6.10 Å². The number of rotatable bonds is 8. The van der Waals surface area contributed by atoms with Crippen LogP contribution >= 0.6 is 0 Å². The molecule has 35 heavy (non-hydrogen) atoms. The van der Waals surface area contributed by atoms with Crippen LogP contribution in [0.1, 0.15) is 35.0 Å². The second-order valence-corrected chi connectivity index (χ2v) is 9.76. The van der Waals surface area contributed by atoms with Crippen molar-refractivity contribution in [3.63, 3.8) is 0 Å². The van der Waals surface area contributed by atoms with Gasteiger partial charge in [0.2, 0.25) is 10.0 Å². The third-order valence-corrected chi connectivity index (χ3v) is 6.32. The van der Waals surface area contributed by atoms with Gasteiger partial charge in [-0.3, -0.25) is 9.48 Å². The average Bonchev–Trinajstić information content (AvgIpc) is 3.05. The van der Waals surface area contributed by atoms with Crippen LogP contribution in [0.2, 0.25) is 0 Å². The van der Waals surface area contributed by atoms with E-state index in [2.05, 4.69) is 34.7 Å². The summed E-state index contributed by atoms with van der Waals surface area (Å²) in [5.74, 6) is -1.24. The number of nitrogens with zero attached hydrogens (tertiary/aromatic N) is 2. The van der Waals surface area contributed by atoms with Crippen molar-refractivity contribution in [1.29, 1.82) is 0 Å². The number of hydrogen-bond acceptors (Lipinski definition) is 6. The average molecular weight is 497 g/mol. The quantitative estimate of drug-likeness (QED) is 0.364. The number of amides is 1. The van der Waals surface area contributed by atoms with E-state index in [0.29, 0.717) is 12.2 Å². The SMILES string of the molecule is Cc1ccc(Cn2nc(C)c(/C=C/C(=O)OC(C)C(=O)Nc3ccc(S(N)(=O)=O)cc3)c2C)cc1. The molecule has 0 spiro atoms. The van der Waals surface area contributed by atoms with Gasteiger partial charge in [0.05, 0.1) is 17.1 Å².